The SMILES string of the molecule is O=Cc1cc2sc(Cl)cc2cc1Cl. The largest absolute Gasteiger partial charge is 0.298 e. The predicted molar refractivity (Wildman–Crippen MR) is 57.2 cm³/mol. The molecular formula is C9H4Cl2OS. The van der Waals surface area contributed by atoms with Crippen LogP contribution in [-0.2, 0) is 0 Å². The second-order valence-electron chi connectivity index (χ2n) is 2.58. The average molecular weight is 231 g/mol. The van der Waals surface area contributed by atoms with Gasteiger partial charge in [-0.2, -0.15) is 0 Å². The molecule has 13 heavy (non-hydrogen) atoms. The van der Waals surface area contributed by atoms with Crippen molar-refractivity contribution in [2.24, 2.45) is 0 Å². The van der Waals surface area contributed by atoms with E-state index < -0.39 is 0 Å². The monoisotopic (exact) mass is 230 g/mol. The van der Waals surface area contributed by atoms with Gasteiger partial charge in [0.15, 0.2) is 6.29 Å². The van der Waals surface area contributed by atoms with Crippen molar-refractivity contribution < 1.29 is 4.79 Å². The Morgan fingerprint density at radius 3 is 2.69 bits per heavy atom. The van der Waals surface area contributed by atoms with Gasteiger partial charge < -0.3 is 0 Å². The number of hydrogen-bond acceptors (Lipinski definition) is 2. The predicted octanol–water partition coefficient (Wildman–Crippen LogP) is 4.02. The molecule has 0 atom stereocenters. The third-order valence-corrected chi connectivity index (χ3v) is 3.29. The molecule has 0 N–H and O–H groups in total. The Morgan fingerprint density at radius 2 is 2.00 bits per heavy atom. The molecule has 2 aromatic rings. The molecule has 0 radical (unpaired) electrons. The summed E-state index contributed by atoms with van der Waals surface area (Å²) >= 11 is 13.1. The third-order valence-electron chi connectivity index (χ3n) is 1.73. The number of benzene rings is 1. The lowest BCUT2D eigenvalue weighted by Crippen LogP contribution is -1.79. The van der Waals surface area contributed by atoms with E-state index in [0.717, 1.165) is 16.4 Å². The van der Waals surface area contributed by atoms with Gasteiger partial charge >= 0.3 is 0 Å². The summed E-state index contributed by atoms with van der Waals surface area (Å²) in [4.78, 5) is 10.6. The summed E-state index contributed by atoms with van der Waals surface area (Å²) in [6, 6.07) is 5.34. The first kappa shape index (κ1) is 9.00. The molecule has 0 aliphatic carbocycles. The van der Waals surface area contributed by atoms with Crippen LogP contribution < -0.4 is 0 Å². The molecule has 0 aliphatic heterocycles. The van der Waals surface area contributed by atoms with Gasteiger partial charge in [0.1, 0.15) is 0 Å². The van der Waals surface area contributed by atoms with Crippen LogP contribution in [0.2, 0.25) is 9.36 Å². The highest BCUT2D eigenvalue weighted by molar-refractivity contribution is 7.22. The van der Waals surface area contributed by atoms with Crippen LogP contribution >= 0.6 is 34.5 Å². The Morgan fingerprint density at radius 1 is 1.23 bits per heavy atom. The third kappa shape index (κ3) is 1.57. The van der Waals surface area contributed by atoms with Crippen molar-refractivity contribution in [2.45, 2.75) is 0 Å². The number of fused-ring (bicyclic) bond motifs is 1. The molecule has 1 nitrogen and oxygen atoms in total. The van der Waals surface area contributed by atoms with Crippen LogP contribution in [0.4, 0.5) is 0 Å². The Balaban J connectivity index is 2.79. The van der Waals surface area contributed by atoms with E-state index in [9.17, 15) is 4.79 Å². The van der Waals surface area contributed by atoms with Gasteiger partial charge in [-0.05, 0) is 23.6 Å². The van der Waals surface area contributed by atoms with Gasteiger partial charge in [-0.3, -0.25) is 4.79 Å². The molecule has 1 heterocycles. The van der Waals surface area contributed by atoms with Gasteiger partial charge in [-0.25, -0.2) is 0 Å². The van der Waals surface area contributed by atoms with Gasteiger partial charge in [-0.1, -0.05) is 23.2 Å². The maximum absolute atomic E-state index is 10.6. The summed E-state index contributed by atoms with van der Waals surface area (Å²) in [7, 11) is 0. The Labute approximate surface area is 88.9 Å². The first-order chi connectivity index (χ1) is 6.20. The van der Waals surface area contributed by atoms with E-state index in [4.69, 9.17) is 23.2 Å². The summed E-state index contributed by atoms with van der Waals surface area (Å²) in [5.41, 5.74) is 0.507. The maximum atomic E-state index is 10.6. The van der Waals surface area contributed by atoms with E-state index in [1.807, 2.05) is 6.07 Å². The molecule has 4 heteroatoms. The topological polar surface area (TPSA) is 17.1 Å². The lowest BCUT2D eigenvalue weighted by Gasteiger charge is -1.94. The van der Waals surface area contributed by atoms with Crippen LogP contribution in [-0.4, -0.2) is 6.29 Å². The van der Waals surface area contributed by atoms with Crippen LogP contribution in [0.1, 0.15) is 10.4 Å². The summed E-state index contributed by atoms with van der Waals surface area (Å²) in [5.74, 6) is 0. The highest BCUT2D eigenvalue weighted by Crippen LogP contribution is 2.32. The van der Waals surface area contributed by atoms with Gasteiger partial charge in [0.2, 0.25) is 0 Å². The number of thiophene rings is 1. The fraction of sp³-hybridized carbons (Fsp3) is 0. The van der Waals surface area contributed by atoms with Crippen LogP contribution in [0.5, 0.6) is 0 Å². The first-order valence-electron chi connectivity index (χ1n) is 3.54. The first-order valence-corrected chi connectivity index (χ1v) is 5.12. The molecule has 0 aliphatic rings. The van der Waals surface area contributed by atoms with Gasteiger partial charge in [0.05, 0.1) is 9.36 Å². The Kier molecular flexibility index (Phi) is 2.28. The number of hydrogen-bond donors (Lipinski definition) is 0. The summed E-state index contributed by atoms with van der Waals surface area (Å²) in [6.07, 6.45) is 0.745. The van der Waals surface area contributed by atoms with Gasteiger partial charge in [0.25, 0.3) is 0 Å². The highest BCUT2D eigenvalue weighted by atomic mass is 35.5. The van der Waals surface area contributed by atoms with Crippen molar-refractivity contribution in [3.8, 4) is 0 Å². The summed E-state index contributed by atoms with van der Waals surface area (Å²) < 4.78 is 1.69. The van der Waals surface area contributed by atoms with E-state index in [1.54, 1.807) is 12.1 Å². The van der Waals surface area contributed by atoms with E-state index >= 15 is 0 Å². The van der Waals surface area contributed by atoms with Crippen molar-refractivity contribution in [3.05, 3.63) is 33.1 Å². The van der Waals surface area contributed by atoms with E-state index in [1.165, 1.54) is 11.3 Å². The van der Waals surface area contributed by atoms with E-state index in [2.05, 4.69) is 0 Å². The van der Waals surface area contributed by atoms with Gasteiger partial charge in [-0.15, -0.1) is 11.3 Å². The summed E-state index contributed by atoms with van der Waals surface area (Å²) in [6.45, 7) is 0. The molecule has 1 aromatic carbocycles. The molecule has 66 valence electrons. The van der Waals surface area contributed by atoms with Crippen molar-refractivity contribution in [3.63, 3.8) is 0 Å². The van der Waals surface area contributed by atoms with Crippen LogP contribution in [0.15, 0.2) is 18.2 Å². The van der Waals surface area contributed by atoms with Crippen molar-refractivity contribution in [1.82, 2.24) is 0 Å². The molecule has 0 saturated heterocycles. The zero-order valence-corrected chi connectivity index (χ0v) is 8.71. The molecule has 0 fully saturated rings. The fourth-order valence-corrected chi connectivity index (χ4v) is 2.53. The lowest BCUT2D eigenvalue weighted by molar-refractivity contribution is 0.112. The quantitative estimate of drug-likeness (QED) is 0.677. The molecule has 0 bridgehead atoms. The number of rotatable bonds is 1. The minimum Gasteiger partial charge on any atom is -0.298 e. The molecule has 0 amide bonds. The molecule has 0 spiro atoms. The molecular weight excluding hydrogens is 227 g/mol. The van der Waals surface area contributed by atoms with E-state index in [-0.39, 0.29) is 0 Å². The smallest absolute Gasteiger partial charge is 0.151 e. The molecule has 0 saturated carbocycles. The normalized spacial score (nSPS) is 10.6. The van der Waals surface area contributed by atoms with Gasteiger partial charge in [0, 0.05) is 10.3 Å². The number of carbonyl (C=O) groups is 1. The molecule has 1 aromatic heterocycles. The van der Waals surface area contributed by atoms with Crippen molar-refractivity contribution in [1.29, 1.82) is 0 Å². The zero-order valence-electron chi connectivity index (χ0n) is 6.38. The number of halogens is 2. The fourth-order valence-electron chi connectivity index (χ4n) is 1.13. The Hall–Kier alpha value is -0.570. The number of carbonyl (C=O) groups excluding carboxylic acids is 1. The summed E-state index contributed by atoms with van der Waals surface area (Å²) in [5, 5.41) is 1.45. The lowest BCUT2D eigenvalue weighted by atomic mass is 10.2. The number of aldehydes is 1. The van der Waals surface area contributed by atoms with Crippen molar-refractivity contribution in [2.75, 3.05) is 0 Å². The van der Waals surface area contributed by atoms with Crippen molar-refractivity contribution >= 4 is 50.9 Å². The average Bonchev–Trinajstić information content (AvgIpc) is 2.42. The van der Waals surface area contributed by atoms with Crippen LogP contribution in [0.25, 0.3) is 10.1 Å². The standard InChI is InChI=1S/C9H4Cl2OS/c10-7-1-5-3-9(11)13-8(5)2-6(7)4-12/h1-4H. The highest BCUT2D eigenvalue weighted by Gasteiger charge is 2.04. The molecule has 0 unspecified atom stereocenters. The van der Waals surface area contributed by atoms with E-state index in [0.29, 0.717) is 14.9 Å². The molecule has 2 rings (SSSR count). The van der Waals surface area contributed by atoms with Crippen LogP contribution in [0.3, 0.4) is 0 Å². The minimum atomic E-state index is 0.469. The Bertz CT molecular complexity index is 476. The minimum absolute atomic E-state index is 0.469. The second-order valence-corrected chi connectivity index (χ2v) is 4.70. The zero-order chi connectivity index (χ0) is 9.42. The second kappa shape index (κ2) is 3.29. The van der Waals surface area contributed by atoms with Crippen LogP contribution in [0, 0.1) is 0 Å². The maximum Gasteiger partial charge on any atom is 0.151 e.